The van der Waals surface area contributed by atoms with E-state index in [-0.39, 0.29) is 28.6 Å². The second kappa shape index (κ2) is 9.08. The third kappa shape index (κ3) is 4.13. The van der Waals surface area contributed by atoms with Gasteiger partial charge in [-0.25, -0.2) is 4.79 Å². The number of benzene rings is 3. The molecule has 0 unspecified atom stereocenters. The maximum atomic E-state index is 13.4. The van der Waals surface area contributed by atoms with Crippen molar-refractivity contribution in [2.45, 2.75) is 6.92 Å². The summed E-state index contributed by atoms with van der Waals surface area (Å²) < 4.78 is 27.6. The van der Waals surface area contributed by atoms with E-state index in [0.29, 0.717) is 22.3 Å². The molecule has 1 aromatic heterocycles. The lowest BCUT2D eigenvalue weighted by molar-refractivity contribution is 0.0730. The zero-order valence-corrected chi connectivity index (χ0v) is 18.6. The monoisotopic (exact) mass is 446 g/mol. The average Bonchev–Trinajstić information content (AvgIpc) is 2.85. The van der Waals surface area contributed by atoms with Gasteiger partial charge in [-0.2, -0.15) is 0 Å². The molecule has 0 radical (unpaired) electrons. The molecule has 7 nitrogen and oxygen atoms in total. The van der Waals surface area contributed by atoms with Gasteiger partial charge in [-0.1, -0.05) is 42.0 Å². The molecule has 1 heterocycles. The Morgan fingerprint density at radius 2 is 1.48 bits per heavy atom. The molecule has 0 aliphatic carbocycles. The molecule has 0 fully saturated rings. The minimum Gasteiger partial charge on any atom is -0.493 e. The van der Waals surface area contributed by atoms with Crippen molar-refractivity contribution in [3.8, 4) is 34.3 Å². The Morgan fingerprint density at radius 3 is 2.09 bits per heavy atom. The Labute approximate surface area is 190 Å². The number of ether oxygens (including phenoxy) is 4. The van der Waals surface area contributed by atoms with Crippen LogP contribution in [0.5, 0.6) is 23.0 Å². The molecule has 4 aromatic rings. The molecule has 33 heavy (non-hydrogen) atoms. The van der Waals surface area contributed by atoms with Crippen molar-refractivity contribution in [3.63, 3.8) is 0 Å². The number of hydrogen-bond donors (Lipinski definition) is 0. The van der Waals surface area contributed by atoms with Crippen molar-refractivity contribution in [2.75, 3.05) is 21.3 Å². The second-order valence-electron chi connectivity index (χ2n) is 7.26. The molecule has 0 amide bonds. The molecule has 0 saturated carbocycles. The van der Waals surface area contributed by atoms with E-state index in [4.69, 9.17) is 23.4 Å². The maximum Gasteiger partial charge on any atom is 0.344 e. The van der Waals surface area contributed by atoms with Crippen LogP contribution in [0.2, 0.25) is 0 Å². The van der Waals surface area contributed by atoms with Gasteiger partial charge in [0, 0.05) is 5.56 Å². The van der Waals surface area contributed by atoms with Gasteiger partial charge in [0.25, 0.3) is 0 Å². The first-order valence-electron chi connectivity index (χ1n) is 10.1. The third-order valence-corrected chi connectivity index (χ3v) is 5.14. The molecule has 0 atom stereocenters. The van der Waals surface area contributed by atoms with Gasteiger partial charge in [-0.05, 0) is 31.2 Å². The molecule has 0 bridgehead atoms. The van der Waals surface area contributed by atoms with E-state index in [1.807, 2.05) is 19.1 Å². The zero-order chi connectivity index (χ0) is 23.5. The number of fused-ring (bicyclic) bond motifs is 1. The summed E-state index contributed by atoms with van der Waals surface area (Å²) in [5, 5.41) is 0.322. The van der Waals surface area contributed by atoms with Crippen LogP contribution in [0.4, 0.5) is 0 Å². The van der Waals surface area contributed by atoms with E-state index < -0.39 is 11.4 Å². The first kappa shape index (κ1) is 22.0. The number of aryl methyl sites for hydroxylation is 1. The van der Waals surface area contributed by atoms with Crippen LogP contribution in [-0.4, -0.2) is 27.3 Å². The standard InChI is InChI=1S/C26H22O7/c1-15-10-11-19-18(12-15)22(27)25(23(32-19)16-8-6-5-7-9-16)33-26(28)17-13-20(29-2)24(31-4)21(14-17)30-3/h5-14H,1-4H3. The van der Waals surface area contributed by atoms with Crippen LogP contribution in [0, 0.1) is 6.92 Å². The first-order valence-corrected chi connectivity index (χ1v) is 10.1. The number of hydrogen-bond acceptors (Lipinski definition) is 7. The zero-order valence-electron chi connectivity index (χ0n) is 18.6. The molecular weight excluding hydrogens is 424 g/mol. The SMILES string of the molecule is COc1cc(C(=O)Oc2c(-c3ccccc3)oc3ccc(C)cc3c2=O)cc(OC)c1OC. The number of esters is 1. The highest BCUT2D eigenvalue weighted by Gasteiger charge is 2.23. The summed E-state index contributed by atoms with van der Waals surface area (Å²) in [6, 6.07) is 17.2. The van der Waals surface area contributed by atoms with Gasteiger partial charge in [0.2, 0.25) is 16.9 Å². The number of rotatable bonds is 6. The van der Waals surface area contributed by atoms with Crippen molar-refractivity contribution in [1.82, 2.24) is 0 Å². The molecule has 0 aliphatic rings. The summed E-state index contributed by atoms with van der Waals surface area (Å²) in [5.74, 6) is 0.102. The van der Waals surface area contributed by atoms with Crippen molar-refractivity contribution in [3.05, 3.63) is 82.0 Å². The van der Waals surface area contributed by atoms with E-state index in [1.165, 1.54) is 33.5 Å². The van der Waals surface area contributed by atoms with Gasteiger partial charge in [0.15, 0.2) is 17.3 Å². The molecule has 168 valence electrons. The summed E-state index contributed by atoms with van der Waals surface area (Å²) in [6.45, 7) is 1.87. The summed E-state index contributed by atoms with van der Waals surface area (Å²) in [6.07, 6.45) is 0. The molecular formula is C26H22O7. The molecule has 4 rings (SSSR count). The third-order valence-electron chi connectivity index (χ3n) is 5.14. The topological polar surface area (TPSA) is 84.2 Å². The lowest BCUT2D eigenvalue weighted by atomic mass is 10.1. The van der Waals surface area contributed by atoms with E-state index >= 15 is 0 Å². The van der Waals surface area contributed by atoms with Crippen molar-refractivity contribution < 1.29 is 28.2 Å². The second-order valence-corrected chi connectivity index (χ2v) is 7.26. The minimum absolute atomic E-state index is 0.118. The smallest absolute Gasteiger partial charge is 0.344 e. The van der Waals surface area contributed by atoms with Crippen LogP contribution in [-0.2, 0) is 0 Å². The van der Waals surface area contributed by atoms with Gasteiger partial charge in [-0.15, -0.1) is 0 Å². The Hall–Kier alpha value is -4.26. The Bertz CT molecular complexity index is 1360. The molecule has 0 N–H and O–H groups in total. The first-order chi connectivity index (χ1) is 16.0. The Kier molecular flexibility index (Phi) is 6.04. The normalized spacial score (nSPS) is 10.7. The van der Waals surface area contributed by atoms with E-state index in [2.05, 4.69) is 0 Å². The number of carbonyl (C=O) groups excluding carboxylic acids is 1. The Morgan fingerprint density at radius 1 is 0.818 bits per heavy atom. The molecule has 3 aromatic carbocycles. The van der Waals surface area contributed by atoms with Crippen LogP contribution in [0.15, 0.2) is 69.9 Å². The predicted octanol–water partition coefficient (Wildman–Crippen LogP) is 5.01. The fourth-order valence-corrected chi connectivity index (χ4v) is 3.51. The van der Waals surface area contributed by atoms with Crippen molar-refractivity contribution in [2.24, 2.45) is 0 Å². The van der Waals surface area contributed by atoms with Crippen molar-refractivity contribution >= 4 is 16.9 Å². The highest BCUT2D eigenvalue weighted by molar-refractivity contribution is 5.94. The summed E-state index contributed by atoms with van der Waals surface area (Å²) in [7, 11) is 4.35. The lowest BCUT2D eigenvalue weighted by Crippen LogP contribution is -2.16. The summed E-state index contributed by atoms with van der Waals surface area (Å²) in [4.78, 5) is 26.5. The minimum atomic E-state index is -0.772. The van der Waals surface area contributed by atoms with E-state index in [9.17, 15) is 9.59 Å². The maximum absolute atomic E-state index is 13.4. The van der Waals surface area contributed by atoms with Crippen LogP contribution in [0.25, 0.3) is 22.3 Å². The van der Waals surface area contributed by atoms with Crippen LogP contribution >= 0.6 is 0 Å². The average molecular weight is 446 g/mol. The van der Waals surface area contributed by atoms with Crippen LogP contribution < -0.4 is 24.4 Å². The Balaban J connectivity index is 1.87. The van der Waals surface area contributed by atoms with Crippen LogP contribution in [0.1, 0.15) is 15.9 Å². The lowest BCUT2D eigenvalue weighted by Gasteiger charge is -2.14. The highest BCUT2D eigenvalue weighted by atomic mass is 16.5. The van der Waals surface area contributed by atoms with Gasteiger partial charge in [0.05, 0.1) is 32.3 Å². The molecule has 7 heteroatoms. The summed E-state index contributed by atoms with van der Waals surface area (Å²) in [5.41, 5.74) is 1.55. The molecule has 0 aliphatic heterocycles. The molecule has 0 spiro atoms. The fraction of sp³-hybridized carbons (Fsp3) is 0.154. The van der Waals surface area contributed by atoms with E-state index in [1.54, 1.807) is 36.4 Å². The van der Waals surface area contributed by atoms with Gasteiger partial charge in [0.1, 0.15) is 5.58 Å². The number of carbonyl (C=O) groups is 1. The highest BCUT2D eigenvalue weighted by Crippen LogP contribution is 2.39. The van der Waals surface area contributed by atoms with Gasteiger partial charge >= 0.3 is 5.97 Å². The summed E-state index contributed by atoms with van der Waals surface area (Å²) >= 11 is 0. The fourth-order valence-electron chi connectivity index (χ4n) is 3.51. The van der Waals surface area contributed by atoms with Crippen LogP contribution in [0.3, 0.4) is 0 Å². The number of methoxy groups -OCH3 is 3. The largest absolute Gasteiger partial charge is 0.493 e. The van der Waals surface area contributed by atoms with Gasteiger partial charge in [-0.3, -0.25) is 4.79 Å². The quantitative estimate of drug-likeness (QED) is 0.385. The van der Waals surface area contributed by atoms with Gasteiger partial charge < -0.3 is 23.4 Å². The predicted molar refractivity (Wildman–Crippen MR) is 124 cm³/mol. The molecule has 0 saturated heterocycles. The van der Waals surface area contributed by atoms with Crippen molar-refractivity contribution in [1.29, 1.82) is 0 Å². The van der Waals surface area contributed by atoms with E-state index in [0.717, 1.165) is 5.56 Å².